The molecule has 11 heteroatoms. The average molecular weight is 662 g/mol. The highest BCUT2D eigenvalue weighted by atomic mass is 32.1. The second-order valence-electron chi connectivity index (χ2n) is 12.1. The predicted molar refractivity (Wildman–Crippen MR) is 189 cm³/mol. The molecule has 244 valence electrons. The van der Waals surface area contributed by atoms with Gasteiger partial charge in [0.15, 0.2) is 5.60 Å². The van der Waals surface area contributed by atoms with E-state index in [1.807, 2.05) is 92.6 Å². The van der Waals surface area contributed by atoms with Crippen molar-refractivity contribution in [3.05, 3.63) is 106 Å². The van der Waals surface area contributed by atoms with Crippen LogP contribution in [0.15, 0.2) is 77.8 Å². The fraction of sp³-hybridized carbons (Fsp3) is 0.243. The molecule has 7 rings (SSSR count). The second-order valence-corrected chi connectivity index (χ2v) is 13.2. The van der Waals surface area contributed by atoms with E-state index < -0.39 is 11.6 Å². The number of benzene rings is 4. The number of hydrogen-bond acceptors (Lipinski definition) is 10. The zero-order chi connectivity index (χ0) is 33.6. The number of thiazole rings is 1. The maximum Gasteiger partial charge on any atom is 0.340 e. The Hall–Kier alpha value is -5.42. The third kappa shape index (κ3) is 5.39. The minimum Gasteiger partial charge on any atom is -0.493 e. The lowest BCUT2D eigenvalue weighted by molar-refractivity contribution is 0.0224. The molecule has 0 radical (unpaired) electrons. The summed E-state index contributed by atoms with van der Waals surface area (Å²) in [7, 11) is 9.56. The summed E-state index contributed by atoms with van der Waals surface area (Å²) in [5.74, 6) is 1.22. The lowest BCUT2D eigenvalue weighted by Gasteiger charge is -2.37. The number of nitrogens with one attached hydrogen (secondary N) is 1. The number of esters is 1. The highest BCUT2D eigenvalue weighted by Crippen LogP contribution is 2.57. The Morgan fingerprint density at radius 3 is 2.31 bits per heavy atom. The molecule has 0 saturated carbocycles. The van der Waals surface area contributed by atoms with Gasteiger partial charge < -0.3 is 29.3 Å². The molecule has 0 bridgehead atoms. The van der Waals surface area contributed by atoms with Gasteiger partial charge in [-0.15, -0.1) is 11.3 Å². The predicted octanol–water partition coefficient (Wildman–Crippen LogP) is 6.24. The Labute approximate surface area is 282 Å². The van der Waals surface area contributed by atoms with Crippen molar-refractivity contribution in [1.29, 1.82) is 0 Å². The SMILES string of the molecule is CN=Cc1nc2ccc(OCCCNC(=O)c3ccc4c(c3)C3(OC4=O)c4ccc(N(C)C)cc4Oc4cc(N(C)C)ccc43)cc2s1. The van der Waals surface area contributed by atoms with Crippen LogP contribution in [0.5, 0.6) is 17.2 Å². The van der Waals surface area contributed by atoms with E-state index in [4.69, 9.17) is 14.2 Å². The molecule has 0 atom stereocenters. The van der Waals surface area contributed by atoms with Gasteiger partial charge in [-0.1, -0.05) is 0 Å². The van der Waals surface area contributed by atoms with Gasteiger partial charge in [0.25, 0.3) is 5.91 Å². The van der Waals surface area contributed by atoms with Gasteiger partial charge in [-0.2, -0.15) is 0 Å². The van der Waals surface area contributed by atoms with Gasteiger partial charge in [0.05, 0.1) is 28.6 Å². The zero-order valence-electron chi connectivity index (χ0n) is 27.4. The number of carbonyl (C=O) groups excluding carboxylic acids is 2. The molecular weight excluding hydrogens is 627 g/mol. The van der Waals surface area contributed by atoms with Crippen LogP contribution in [0.25, 0.3) is 10.2 Å². The highest BCUT2D eigenvalue weighted by molar-refractivity contribution is 7.20. The molecule has 5 aromatic rings. The first-order chi connectivity index (χ1) is 23.2. The Morgan fingerprint density at radius 1 is 0.938 bits per heavy atom. The summed E-state index contributed by atoms with van der Waals surface area (Å²) in [6.45, 7) is 0.845. The molecule has 10 nitrogen and oxygen atoms in total. The number of aliphatic imine (C=N–C) groups is 1. The van der Waals surface area contributed by atoms with Gasteiger partial charge in [0.1, 0.15) is 22.3 Å². The van der Waals surface area contributed by atoms with Gasteiger partial charge in [-0.05, 0) is 67.1 Å². The second kappa shape index (κ2) is 12.3. The van der Waals surface area contributed by atoms with Crippen molar-refractivity contribution in [1.82, 2.24) is 10.3 Å². The quantitative estimate of drug-likeness (QED) is 0.112. The third-order valence-corrected chi connectivity index (χ3v) is 9.51. The molecule has 48 heavy (non-hydrogen) atoms. The van der Waals surface area contributed by atoms with Gasteiger partial charge in [-0.3, -0.25) is 9.79 Å². The van der Waals surface area contributed by atoms with E-state index in [1.54, 1.807) is 42.8 Å². The fourth-order valence-corrected chi connectivity index (χ4v) is 7.06. The lowest BCUT2D eigenvalue weighted by Crippen LogP contribution is -2.33. The van der Waals surface area contributed by atoms with Crippen LogP contribution in [0.2, 0.25) is 0 Å². The van der Waals surface area contributed by atoms with Crippen molar-refractivity contribution in [3.63, 3.8) is 0 Å². The Kier molecular flexibility index (Phi) is 8.00. The van der Waals surface area contributed by atoms with Crippen LogP contribution in [-0.4, -0.2) is 71.5 Å². The summed E-state index contributed by atoms with van der Waals surface area (Å²) >= 11 is 1.56. The standard InChI is InChI=1S/C37H35N5O5S/c1-38-21-34-40-30-14-10-25(20-33(30)48-34)45-16-6-15-39-35(43)22-7-11-26-29(17-22)37(47-36(26)44)27-12-8-23(41(2)3)18-31(27)46-32-19-24(42(4)5)9-13-28(32)37/h7-14,17-21H,6,15-16H2,1-5H3,(H,39,43). The number of fused-ring (bicyclic) bond motifs is 7. The molecule has 0 fully saturated rings. The summed E-state index contributed by atoms with van der Waals surface area (Å²) in [6.07, 6.45) is 2.35. The minimum atomic E-state index is -1.28. The maximum absolute atomic E-state index is 13.5. The third-order valence-electron chi connectivity index (χ3n) is 8.56. The smallest absolute Gasteiger partial charge is 0.340 e. The highest BCUT2D eigenvalue weighted by Gasteiger charge is 2.54. The van der Waals surface area contributed by atoms with E-state index in [0.717, 1.165) is 32.3 Å². The van der Waals surface area contributed by atoms with E-state index in [1.165, 1.54) is 0 Å². The van der Waals surface area contributed by atoms with Crippen LogP contribution >= 0.6 is 11.3 Å². The average Bonchev–Trinajstić information content (AvgIpc) is 3.61. The molecule has 4 aromatic carbocycles. The first-order valence-corrected chi connectivity index (χ1v) is 16.4. The largest absolute Gasteiger partial charge is 0.493 e. The van der Waals surface area contributed by atoms with Gasteiger partial charge in [-0.25, -0.2) is 9.78 Å². The molecule has 1 N–H and O–H groups in total. The number of amides is 1. The fourth-order valence-electron chi connectivity index (χ4n) is 6.14. The van der Waals surface area contributed by atoms with Crippen LogP contribution in [0.3, 0.4) is 0 Å². The Balaban J connectivity index is 1.12. The Bertz CT molecular complexity index is 2050. The molecule has 0 saturated heterocycles. The molecular formula is C37H35N5O5S. The van der Waals surface area contributed by atoms with Crippen molar-refractivity contribution in [2.24, 2.45) is 4.99 Å². The van der Waals surface area contributed by atoms with Crippen molar-refractivity contribution in [2.45, 2.75) is 12.0 Å². The summed E-state index contributed by atoms with van der Waals surface area (Å²) in [5, 5.41) is 3.85. The number of rotatable bonds is 9. The lowest BCUT2D eigenvalue weighted by atomic mass is 9.77. The van der Waals surface area contributed by atoms with E-state index in [-0.39, 0.29) is 5.91 Å². The molecule has 2 aliphatic heterocycles. The van der Waals surface area contributed by atoms with Gasteiger partial charge in [0, 0.05) is 87.5 Å². The summed E-state index contributed by atoms with van der Waals surface area (Å²) in [4.78, 5) is 39.4. The molecule has 1 amide bonds. The number of aromatic nitrogens is 1. The summed E-state index contributed by atoms with van der Waals surface area (Å²) in [6, 6.07) is 22.6. The Morgan fingerprint density at radius 2 is 1.65 bits per heavy atom. The first kappa shape index (κ1) is 31.2. The first-order valence-electron chi connectivity index (χ1n) is 15.6. The van der Waals surface area contributed by atoms with Crippen molar-refractivity contribution in [2.75, 3.05) is 58.2 Å². The van der Waals surface area contributed by atoms with Crippen LogP contribution in [0, 0.1) is 0 Å². The summed E-state index contributed by atoms with van der Waals surface area (Å²) in [5.41, 5.74) is 4.36. The monoisotopic (exact) mass is 661 g/mol. The van der Waals surface area contributed by atoms with Gasteiger partial charge >= 0.3 is 5.97 Å². The van der Waals surface area contributed by atoms with Crippen LogP contribution in [-0.2, 0) is 10.3 Å². The van der Waals surface area contributed by atoms with Crippen LogP contribution in [0.4, 0.5) is 11.4 Å². The molecule has 1 spiro atoms. The molecule has 3 heterocycles. The van der Waals surface area contributed by atoms with Crippen LogP contribution < -0.4 is 24.6 Å². The normalized spacial score (nSPS) is 13.9. The minimum absolute atomic E-state index is 0.248. The summed E-state index contributed by atoms with van der Waals surface area (Å²) < 4.78 is 19.8. The van der Waals surface area contributed by atoms with Crippen LogP contribution in [0.1, 0.15) is 48.8 Å². The molecule has 0 unspecified atom stereocenters. The van der Waals surface area contributed by atoms with Crippen molar-refractivity contribution < 1.29 is 23.8 Å². The number of nitrogens with zero attached hydrogens (tertiary/aromatic N) is 4. The maximum atomic E-state index is 13.5. The topological polar surface area (TPSA) is 106 Å². The van der Waals surface area contributed by atoms with Crippen molar-refractivity contribution in [3.8, 4) is 17.2 Å². The number of hydrogen-bond donors (Lipinski definition) is 1. The number of carbonyl (C=O) groups is 2. The molecule has 2 aliphatic rings. The number of anilines is 2. The molecule has 0 aliphatic carbocycles. The van der Waals surface area contributed by atoms with E-state index in [2.05, 4.69) is 15.3 Å². The van der Waals surface area contributed by atoms with E-state index in [9.17, 15) is 9.59 Å². The number of ether oxygens (including phenoxy) is 3. The van der Waals surface area contributed by atoms with E-state index in [0.29, 0.717) is 58.9 Å². The van der Waals surface area contributed by atoms with E-state index >= 15 is 0 Å². The molecule has 1 aromatic heterocycles. The van der Waals surface area contributed by atoms with Crippen molar-refractivity contribution >= 4 is 51.0 Å². The van der Waals surface area contributed by atoms with Gasteiger partial charge in [0.2, 0.25) is 0 Å². The zero-order valence-corrected chi connectivity index (χ0v) is 28.2.